The smallest absolute Gasteiger partial charge is 0.302 e. The van der Waals surface area contributed by atoms with Crippen molar-refractivity contribution in [2.45, 2.75) is 13.3 Å². The maximum absolute atomic E-state index is 5.78. The van der Waals surface area contributed by atoms with Crippen LogP contribution in [0.15, 0.2) is 54.6 Å². The summed E-state index contributed by atoms with van der Waals surface area (Å²) in [6.45, 7) is 2.77. The van der Waals surface area contributed by atoms with E-state index in [9.17, 15) is 0 Å². The summed E-state index contributed by atoms with van der Waals surface area (Å²) in [4.78, 5) is 4.57. The molecule has 96 valence electrons. The van der Waals surface area contributed by atoms with Gasteiger partial charge in [0.2, 0.25) is 0 Å². The minimum atomic E-state index is 0.661. The molecule has 0 unspecified atom stereocenters. The van der Waals surface area contributed by atoms with Gasteiger partial charge in [0.15, 0.2) is 0 Å². The van der Waals surface area contributed by atoms with E-state index in [1.165, 1.54) is 0 Å². The molecule has 3 rings (SSSR count). The molecule has 0 aliphatic rings. The van der Waals surface area contributed by atoms with Crippen molar-refractivity contribution < 1.29 is 4.74 Å². The van der Waals surface area contributed by atoms with E-state index in [0.717, 1.165) is 23.1 Å². The molecule has 0 aliphatic carbocycles. The van der Waals surface area contributed by atoms with Gasteiger partial charge in [-0.05, 0) is 30.7 Å². The third kappa shape index (κ3) is 2.19. The molecule has 0 amide bonds. The molecule has 2 aromatic carbocycles. The summed E-state index contributed by atoms with van der Waals surface area (Å²) in [5.41, 5.74) is 3.10. The van der Waals surface area contributed by atoms with Crippen molar-refractivity contribution in [1.82, 2.24) is 9.55 Å². The maximum Gasteiger partial charge on any atom is 0.302 e. The first-order chi connectivity index (χ1) is 9.40. The highest BCUT2D eigenvalue weighted by molar-refractivity contribution is 5.79. The van der Waals surface area contributed by atoms with E-state index >= 15 is 0 Å². The summed E-state index contributed by atoms with van der Waals surface area (Å²) in [7, 11) is 0. The summed E-state index contributed by atoms with van der Waals surface area (Å²) in [5.74, 6) is 0. The number of benzene rings is 2. The van der Waals surface area contributed by atoms with E-state index in [1.807, 2.05) is 36.4 Å². The van der Waals surface area contributed by atoms with Crippen LogP contribution >= 0.6 is 0 Å². The Morgan fingerprint density at radius 3 is 2.53 bits per heavy atom. The molecule has 0 radical (unpaired) electrons. The monoisotopic (exact) mass is 252 g/mol. The Labute approximate surface area is 112 Å². The highest BCUT2D eigenvalue weighted by Crippen LogP contribution is 2.25. The lowest BCUT2D eigenvalue weighted by atomic mass is 10.3. The predicted molar refractivity (Wildman–Crippen MR) is 76.9 cm³/mol. The van der Waals surface area contributed by atoms with Crippen LogP contribution in [0.3, 0.4) is 0 Å². The van der Waals surface area contributed by atoms with Crippen molar-refractivity contribution in [3.05, 3.63) is 54.6 Å². The van der Waals surface area contributed by atoms with Crippen molar-refractivity contribution in [3.63, 3.8) is 0 Å². The Kier molecular flexibility index (Phi) is 3.19. The number of aromatic nitrogens is 2. The minimum absolute atomic E-state index is 0.661. The average molecular weight is 252 g/mol. The normalized spacial score (nSPS) is 10.8. The van der Waals surface area contributed by atoms with Crippen LogP contribution in [0.1, 0.15) is 13.3 Å². The summed E-state index contributed by atoms with van der Waals surface area (Å²) in [6, 6.07) is 18.9. The molecule has 0 spiro atoms. The fraction of sp³-hybridized carbons (Fsp3) is 0.188. The second-order valence-electron chi connectivity index (χ2n) is 4.40. The van der Waals surface area contributed by atoms with Gasteiger partial charge in [-0.3, -0.25) is 4.57 Å². The largest absolute Gasteiger partial charge is 0.464 e. The number of fused-ring (bicyclic) bond motifs is 1. The summed E-state index contributed by atoms with van der Waals surface area (Å²) in [5, 5.41) is 0. The Bertz CT molecular complexity index is 674. The van der Waals surface area contributed by atoms with Gasteiger partial charge in [-0.1, -0.05) is 37.3 Å². The molecule has 19 heavy (non-hydrogen) atoms. The highest BCUT2D eigenvalue weighted by atomic mass is 16.5. The van der Waals surface area contributed by atoms with Crippen LogP contribution < -0.4 is 4.74 Å². The molecule has 3 heteroatoms. The van der Waals surface area contributed by atoms with Crippen LogP contribution in [0, 0.1) is 0 Å². The third-order valence-corrected chi connectivity index (χ3v) is 2.98. The molecule has 0 fully saturated rings. The average Bonchev–Trinajstić information content (AvgIpc) is 2.84. The second-order valence-corrected chi connectivity index (χ2v) is 4.40. The van der Waals surface area contributed by atoms with E-state index in [0.29, 0.717) is 12.6 Å². The Morgan fingerprint density at radius 1 is 1.00 bits per heavy atom. The van der Waals surface area contributed by atoms with Crippen molar-refractivity contribution in [3.8, 4) is 11.7 Å². The molecule has 0 N–H and O–H groups in total. The van der Waals surface area contributed by atoms with Gasteiger partial charge in [-0.15, -0.1) is 0 Å². The molecule has 0 saturated carbocycles. The van der Waals surface area contributed by atoms with Gasteiger partial charge in [0.1, 0.15) is 0 Å². The van der Waals surface area contributed by atoms with Gasteiger partial charge in [-0.25, -0.2) is 0 Å². The predicted octanol–water partition coefficient (Wildman–Crippen LogP) is 3.81. The van der Waals surface area contributed by atoms with Crippen molar-refractivity contribution in [1.29, 1.82) is 0 Å². The second kappa shape index (κ2) is 5.14. The number of ether oxygens (including phenoxy) is 1. The summed E-state index contributed by atoms with van der Waals surface area (Å²) in [6.07, 6.45) is 0.970. The zero-order chi connectivity index (χ0) is 13.1. The van der Waals surface area contributed by atoms with E-state index in [1.54, 1.807) is 0 Å². The van der Waals surface area contributed by atoms with Gasteiger partial charge in [-0.2, -0.15) is 4.98 Å². The Hall–Kier alpha value is -2.29. The molecule has 1 aromatic heterocycles. The van der Waals surface area contributed by atoms with E-state index in [-0.39, 0.29) is 0 Å². The van der Waals surface area contributed by atoms with E-state index in [2.05, 4.69) is 34.7 Å². The number of imidazole rings is 1. The number of hydrogen-bond donors (Lipinski definition) is 0. The van der Waals surface area contributed by atoms with Crippen LogP contribution in [0.5, 0.6) is 6.01 Å². The van der Waals surface area contributed by atoms with Gasteiger partial charge in [0, 0.05) is 0 Å². The standard InChI is InChI=1S/C16H16N2O/c1-2-12-19-16-17-14-10-6-7-11-15(14)18(16)13-8-4-3-5-9-13/h3-11H,2,12H2,1H3. The fourth-order valence-corrected chi connectivity index (χ4v) is 2.12. The molecule has 0 bridgehead atoms. The zero-order valence-corrected chi connectivity index (χ0v) is 10.9. The highest BCUT2D eigenvalue weighted by Gasteiger charge is 2.12. The number of para-hydroxylation sites is 3. The SMILES string of the molecule is CCCOc1nc2ccccc2n1-c1ccccc1. The molecule has 3 aromatic rings. The molecule has 0 saturated heterocycles. The first kappa shape index (κ1) is 11.8. The first-order valence-electron chi connectivity index (χ1n) is 6.56. The van der Waals surface area contributed by atoms with Gasteiger partial charge in [0.05, 0.1) is 23.3 Å². The Morgan fingerprint density at radius 2 is 1.74 bits per heavy atom. The number of nitrogens with zero attached hydrogens (tertiary/aromatic N) is 2. The van der Waals surface area contributed by atoms with Crippen LogP contribution in [0.2, 0.25) is 0 Å². The maximum atomic E-state index is 5.78. The lowest BCUT2D eigenvalue weighted by molar-refractivity contribution is 0.289. The summed E-state index contributed by atoms with van der Waals surface area (Å²) < 4.78 is 7.84. The zero-order valence-electron chi connectivity index (χ0n) is 10.9. The molecular weight excluding hydrogens is 236 g/mol. The van der Waals surface area contributed by atoms with E-state index < -0.39 is 0 Å². The quantitative estimate of drug-likeness (QED) is 0.706. The summed E-state index contributed by atoms with van der Waals surface area (Å²) >= 11 is 0. The number of rotatable bonds is 4. The molecular formula is C16H16N2O. The van der Waals surface area contributed by atoms with Gasteiger partial charge in [0.25, 0.3) is 0 Å². The van der Waals surface area contributed by atoms with Crippen molar-refractivity contribution >= 4 is 11.0 Å². The lowest BCUT2D eigenvalue weighted by Gasteiger charge is -2.09. The first-order valence-corrected chi connectivity index (χ1v) is 6.56. The van der Waals surface area contributed by atoms with Crippen LogP contribution in [-0.4, -0.2) is 16.2 Å². The lowest BCUT2D eigenvalue weighted by Crippen LogP contribution is -2.03. The van der Waals surface area contributed by atoms with E-state index in [4.69, 9.17) is 4.74 Å². The Balaban J connectivity index is 2.19. The van der Waals surface area contributed by atoms with Crippen molar-refractivity contribution in [2.24, 2.45) is 0 Å². The minimum Gasteiger partial charge on any atom is -0.464 e. The number of hydrogen-bond acceptors (Lipinski definition) is 2. The third-order valence-electron chi connectivity index (χ3n) is 2.98. The van der Waals surface area contributed by atoms with Crippen LogP contribution in [0.25, 0.3) is 16.7 Å². The van der Waals surface area contributed by atoms with Crippen LogP contribution in [0.4, 0.5) is 0 Å². The van der Waals surface area contributed by atoms with Crippen molar-refractivity contribution in [2.75, 3.05) is 6.61 Å². The fourth-order valence-electron chi connectivity index (χ4n) is 2.12. The molecule has 0 atom stereocenters. The molecule has 0 aliphatic heterocycles. The van der Waals surface area contributed by atoms with Gasteiger partial charge >= 0.3 is 6.01 Å². The molecule has 1 heterocycles. The van der Waals surface area contributed by atoms with Gasteiger partial charge < -0.3 is 4.74 Å². The van der Waals surface area contributed by atoms with Crippen LogP contribution in [-0.2, 0) is 0 Å². The molecule has 3 nitrogen and oxygen atoms in total. The topological polar surface area (TPSA) is 27.1 Å².